The fraction of sp³-hybridized carbons (Fsp3) is 0.133. The highest BCUT2D eigenvalue weighted by atomic mass is 79.9. The van der Waals surface area contributed by atoms with E-state index in [0.29, 0.717) is 0 Å². The van der Waals surface area contributed by atoms with Gasteiger partial charge in [0.05, 0.1) is 0 Å². The van der Waals surface area contributed by atoms with E-state index in [2.05, 4.69) is 41.1 Å². The van der Waals surface area contributed by atoms with Crippen LogP contribution in [0, 0.1) is 6.92 Å². The number of rotatable bonds is 3. The summed E-state index contributed by atoms with van der Waals surface area (Å²) in [5, 5.41) is 0. The van der Waals surface area contributed by atoms with Crippen LogP contribution in [-0.2, 0) is 0 Å². The monoisotopic (exact) mass is 320 g/mol. The van der Waals surface area contributed by atoms with Crippen molar-refractivity contribution in [2.75, 3.05) is 0 Å². The van der Waals surface area contributed by atoms with E-state index in [4.69, 9.17) is 0 Å². The Balaban J connectivity index is 2.39. The standard InChI is InChI=1S/C15H13BrOS/c1-10-4-3-5-13(8-10)18-15-9-12(16)6-7-14(15)11(2)17/h3-9H,1-2H3. The van der Waals surface area contributed by atoms with Crippen molar-refractivity contribution < 1.29 is 4.79 Å². The van der Waals surface area contributed by atoms with Gasteiger partial charge in [0.25, 0.3) is 0 Å². The Bertz CT molecular complexity index is 593. The highest BCUT2D eigenvalue weighted by molar-refractivity contribution is 9.10. The van der Waals surface area contributed by atoms with Crippen LogP contribution < -0.4 is 0 Å². The van der Waals surface area contributed by atoms with Gasteiger partial charge in [0.2, 0.25) is 0 Å². The van der Waals surface area contributed by atoms with Crippen molar-refractivity contribution in [1.82, 2.24) is 0 Å². The summed E-state index contributed by atoms with van der Waals surface area (Å²) in [6.45, 7) is 3.67. The molecule has 0 fully saturated rings. The number of ketones is 1. The highest BCUT2D eigenvalue weighted by Gasteiger charge is 2.09. The summed E-state index contributed by atoms with van der Waals surface area (Å²) in [6, 6.07) is 14.0. The average molecular weight is 321 g/mol. The molecule has 0 saturated heterocycles. The van der Waals surface area contributed by atoms with Crippen LogP contribution in [-0.4, -0.2) is 5.78 Å². The predicted molar refractivity (Wildman–Crippen MR) is 79.4 cm³/mol. The SMILES string of the molecule is CC(=O)c1ccc(Br)cc1Sc1cccc(C)c1. The largest absolute Gasteiger partial charge is 0.294 e. The second-order valence-electron chi connectivity index (χ2n) is 4.12. The van der Waals surface area contributed by atoms with E-state index in [1.165, 1.54) is 5.56 Å². The van der Waals surface area contributed by atoms with Gasteiger partial charge in [0.15, 0.2) is 5.78 Å². The molecular formula is C15H13BrOS. The first-order valence-corrected chi connectivity index (χ1v) is 7.22. The third-order valence-corrected chi connectivity index (χ3v) is 4.08. The smallest absolute Gasteiger partial charge is 0.160 e. The Morgan fingerprint density at radius 3 is 2.61 bits per heavy atom. The molecule has 0 aliphatic heterocycles. The molecule has 1 nitrogen and oxygen atoms in total. The molecule has 0 aliphatic rings. The Morgan fingerprint density at radius 1 is 1.17 bits per heavy atom. The number of carbonyl (C=O) groups is 1. The molecule has 92 valence electrons. The van der Waals surface area contributed by atoms with Crippen LogP contribution in [0.1, 0.15) is 22.8 Å². The molecule has 0 heterocycles. The zero-order chi connectivity index (χ0) is 13.1. The predicted octanol–water partition coefficient (Wildman–Crippen LogP) is 5.11. The molecule has 0 N–H and O–H groups in total. The topological polar surface area (TPSA) is 17.1 Å². The quantitative estimate of drug-likeness (QED) is 0.731. The number of halogens is 1. The van der Waals surface area contributed by atoms with E-state index in [9.17, 15) is 4.79 Å². The van der Waals surface area contributed by atoms with Gasteiger partial charge < -0.3 is 0 Å². The van der Waals surface area contributed by atoms with Gasteiger partial charge >= 0.3 is 0 Å². The van der Waals surface area contributed by atoms with Crippen molar-refractivity contribution in [1.29, 1.82) is 0 Å². The van der Waals surface area contributed by atoms with Gasteiger partial charge in [-0.1, -0.05) is 45.4 Å². The number of aryl methyl sites for hydroxylation is 1. The second kappa shape index (κ2) is 5.72. The Hall–Kier alpha value is -1.06. The number of Topliss-reactive ketones (excluding diaryl/α,β-unsaturated/α-hetero) is 1. The molecule has 0 aliphatic carbocycles. The van der Waals surface area contributed by atoms with Gasteiger partial charge in [-0.2, -0.15) is 0 Å². The second-order valence-corrected chi connectivity index (χ2v) is 6.15. The first-order chi connectivity index (χ1) is 8.56. The van der Waals surface area contributed by atoms with E-state index >= 15 is 0 Å². The molecule has 2 aromatic carbocycles. The highest BCUT2D eigenvalue weighted by Crippen LogP contribution is 2.33. The first-order valence-electron chi connectivity index (χ1n) is 5.61. The van der Waals surface area contributed by atoms with Crippen LogP contribution in [0.5, 0.6) is 0 Å². The molecule has 0 aromatic heterocycles. The van der Waals surface area contributed by atoms with Gasteiger partial charge in [-0.25, -0.2) is 0 Å². The third kappa shape index (κ3) is 3.24. The number of carbonyl (C=O) groups excluding carboxylic acids is 1. The minimum Gasteiger partial charge on any atom is -0.294 e. The molecule has 2 aromatic rings. The minimum absolute atomic E-state index is 0.0950. The van der Waals surface area contributed by atoms with E-state index in [1.807, 2.05) is 24.3 Å². The molecule has 0 atom stereocenters. The van der Waals surface area contributed by atoms with Crippen molar-refractivity contribution in [2.24, 2.45) is 0 Å². The average Bonchev–Trinajstić information content (AvgIpc) is 2.28. The Labute approximate surface area is 120 Å². The number of hydrogen-bond donors (Lipinski definition) is 0. The van der Waals surface area contributed by atoms with Crippen molar-refractivity contribution in [3.8, 4) is 0 Å². The van der Waals surface area contributed by atoms with Crippen LogP contribution in [0.15, 0.2) is 56.7 Å². The molecule has 0 bridgehead atoms. The van der Waals surface area contributed by atoms with Gasteiger partial charge in [0.1, 0.15) is 0 Å². The van der Waals surface area contributed by atoms with Crippen LogP contribution in [0.25, 0.3) is 0 Å². The van der Waals surface area contributed by atoms with Crippen molar-refractivity contribution in [2.45, 2.75) is 23.6 Å². The molecular weight excluding hydrogens is 308 g/mol. The Kier molecular flexibility index (Phi) is 4.25. The lowest BCUT2D eigenvalue weighted by Crippen LogP contribution is -1.94. The molecule has 18 heavy (non-hydrogen) atoms. The lowest BCUT2D eigenvalue weighted by Gasteiger charge is -2.08. The van der Waals surface area contributed by atoms with Gasteiger partial charge in [0, 0.05) is 19.8 Å². The van der Waals surface area contributed by atoms with Crippen LogP contribution >= 0.6 is 27.7 Å². The summed E-state index contributed by atoms with van der Waals surface area (Å²) in [6.07, 6.45) is 0. The minimum atomic E-state index is 0.0950. The van der Waals surface area contributed by atoms with E-state index in [-0.39, 0.29) is 5.78 Å². The van der Waals surface area contributed by atoms with Crippen LogP contribution in [0.3, 0.4) is 0 Å². The van der Waals surface area contributed by atoms with E-state index < -0.39 is 0 Å². The van der Waals surface area contributed by atoms with Crippen molar-refractivity contribution in [3.05, 3.63) is 58.1 Å². The fourth-order valence-corrected chi connectivity index (χ4v) is 3.34. The number of benzene rings is 2. The number of hydrogen-bond acceptors (Lipinski definition) is 2. The van der Waals surface area contributed by atoms with Crippen LogP contribution in [0.2, 0.25) is 0 Å². The summed E-state index contributed by atoms with van der Waals surface area (Å²) in [4.78, 5) is 13.7. The fourth-order valence-electron chi connectivity index (χ4n) is 1.68. The first kappa shape index (κ1) is 13.4. The molecule has 0 unspecified atom stereocenters. The maximum absolute atomic E-state index is 11.6. The van der Waals surface area contributed by atoms with Crippen molar-refractivity contribution >= 4 is 33.5 Å². The maximum atomic E-state index is 11.6. The Morgan fingerprint density at radius 2 is 1.94 bits per heavy atom. The molecule has 0 saturated carbocycles. The van der Waals surface area contributed by atoms with Crippen molar-refractivity contribution in [3.63, 3.8) is 0 Å². The van der Waals surface area contributed by atoms with Gasteiger partial charge in [-0.3, -0.25) is 4.79 Å². The summed E-state index contributed by atoms with van der Waals surface area (Å²) < 4.78 is 0.989. The lowest BCUT2D eigenvalue weighted by atomic mass is 10.1. The molecule has 2 rings (SSSR count). The molecule has 3 heteroatoms. The van der Waals surface area contributed by atoms with Gasteiger partial charge in [-0.15, -0.1) is 0 Å². The zero-order valence-corrected chi connectivity index (χ0v) is 12.6. The van der Waals surface area contributed by atoms with E-state index in [0.717, 1.165) is 19.8 Å². The normalized spacial score (nSPS) is 10.4. The zero-order valence-electron chi connectivity index (χ0n) is 10.2. The van der Waals surface area contributed by atoms with Crippen LogP contribution in [0.4, 0.5) is 0 Å². The summed E-state index contributed by atoms with van der Waals surface area (Å²) in [5.74, 6) is 0.0950. The lowest BCUT2D eigenvalue weighted by molar-refractivity contribution is 0.101. The summed E-state index contributed by atoms with van der Waals surface area (Å²) in [5.41, 5.74) is 1.99. The third-order valence-electron chi connectivity index (χ3n) is 2.54. The molecule has 0 spiro atoms. The molecule has 0 radical (unpaired) electrons. The van der Waals surface area contributed by atoms with Gasteiger partial charge in [-0.05, 0) is 44.2 Å². The maximum Gasteiger partial charge on any atom is 0.160 e. The van der Waals surface area contributed by atoms with E-state index in [1.54, 1.807) is 18.7 Å². The molecule has 0 amide bonds. The summed E-state index contributed by atoms with van der Waals surface area (Å²) >= 11 is 5.07. The summed E-state index contributed by atoms with van der Waals surface area (Å²) in [7, 11) is 0.